The summed E-state index contributed by atoms with van der Waals surface area (Å²) in [6.07, 6.45) is 4.79. The Morgan fingerprint density at radius 2 is 1.78 bits per heavy atom. The normalized spacial score (nSPS) is 15.1. The van der Waals surface area contributed by atoms with Crippen LogP contribution in [-0.4, -0.2) is 47.8 Å². The fourth-order valence-electron chi connectivity index (χ4n) is 2.89. The lowest BCUT2D eigenvalue weighted by atomic mass is 10.1. The molecular formula is C18H25FN2O2. The smallest absolute Gasteiger partial charge is 0.242 e. The van der Waals surface area contributed by atoms with Crippen molar-refractivity contribution < 1.29 is 14.0 Å². The highest BCUT2D eigenvalue weighted by Gasteiger charge is 2.20. The lowest BCUT2D eigenvalue weighted by Crippen LogP contribution is -2.43. The van der Waals surface area contributed by atoms with E-state index in [1.807, 2.05) is 4.90 Å². The molecule has 1 saturated heterocycles. The molecule has 0 N–H and O–H groups in total. The van der Waals surface area contributed by atoms with Crippen molar-refractivity contribution >= 4 is 11.8 Å². The topological polar surface area (TPSA) is 40.6 Å². The molecule has 2 rings (SSSR count). The summed E-state index contributed by atoms with van der Waals surface area (Å²) in [6.45, 7) is 3.45. The van der Waals surface area contributed by atoms with Gasteiger partial charge in [-0.2, -0.15) is 0 Å². The van der Waals surface area contributed by atoms with Crippen LogP contribution in [0.1, 0.15) is 38.2 Å². The van der Waals surface area contributed by atoms with Crippen LogP contribution in [0.4, 0.5) is 4.39 Å². The highest BCUT2D eigenvalue weighted by molar-refractivity contribution is 5.83. The summed E-state index contributed by atoms with van der Waals surface area (Å²) in [4.78, 5) is 27.6. The zero-order valence-electron chi connectivity index (χ0n) is 13.8. The van der Waals surface area contributed by atoms with Gasteiger partial charge in [-0.05, 0) is 30.9 Å². The molecule has 5 heteroatoms. The molecule has 1 fully saturated rings. The van der Waals surface area contributed by atoms with Gasteiger partial charge < -0.3 is 9.80 Å². The van der Waals surface area contributed by atoms with Crippen molar-refractivity contribution in [1.29, 1.82) is 0 Å². The zero-order chi connectivity index (χ0) is 16.7. The molecule has 0 bridgehead atoms. The first-order valence-corrected chi connectivity index (χ1v) is 8.34. The Bertz CT molecular complexity index is 540. The fraction of sp³-hybridized carbons (Fsp3) is 0.556. The molecule has 126 valence electrons. The highest BCUT2D eigenvalue weighted by atomic mass is 19.1. The predicted molar refractivity (Wildman–Crippen MR) is 87.4 cm³/mol. The van der Waals surface area contributed by atoms with Crippen molar-refractivity contribution in [3.05, 3.63) is 35.6 Å². The number of amides is 2. The van der Waals surface area contributed by atoms with Crippen LogP contribution in [0.3, 0.4) is 0 Å². The molecule has 1 aromatic carbocycles. The minimum Gasteiger partial charge on any atom is -0.341 e. The van der Waals surface area contributed by atoms with Gasteiger partial charge >= 0.3 is 0 Å². The van der Waals surface area contributed by atoms with Gasteiger partial charge in [0.05, 0.1) is 6.54 Å². The number of carbonyl (C=O) groups excluding carboxylic acids is 2. The van der Waals surface area contributed by atoms with Gasteiger partial charge in [-0.15, -0.1) is 0 Å². The Morgan fingerprint density at radius 3 is 2.39 bits per heavy atom. The molecular weight excluding hydrogens is 295 g/mol. The summed E-state index contributed by atoms with van der Waals surface area (Å²) in [5.41, 5.74) is 0.570. The van der Waals surface area contributed by atoms with Crippen molar-refractivity contribution in [2.45, 2.75) is 39.0 Å². The number of likely N-dealkylation sites (tertiary alicyclic amines) is 1. The van der Waals surface area contributed by atoms with Crippen molar-refractivity contribution in [2.24, 2.45) is 0 Å². The van der Waals surface area contributed by atoms with E-state index in [0.717, 1.165) is 38.8 Å². The Morgan fingerprint density at radius 1 is 1.13 bits per heavy atom. The first-order chi connectivity index (χ1) is 11.1. The second-order valence-electron chi connectivity index (χ2n) is 6.08. The van der Waals surface area contributed by atoms with Crippen LogP contribution >= 0.6 is 0 Å². The van der Waals surface area contributed by atoms with E-state index in [9.17, 15) is 14.0 Å². The third-order valence-corrected chi connectivity index (χ3v) is 4.34. The Hall–Kier alpha value is -1.91. The van der Waals surface area contributed by atoms with Crippen LogP contribution in [0.15, 0.2) is 24.3 Å². The van der Waals surface area contributed by atoms with Crippen molar-refractivity contribution in [1.82, 2.24) is 9.80 Å². The van der Waals surface area contributed by atoms with E-state index >= 15 is 0 Å². The van der Waals surface area contributed by atoms with E-state index < -0.39 is 0 Å². The fourth-order valence-corrected chi connectivity index (χ4v) is 2.89. The Kier molecular flexibility index (Phi) is 6.56. The van der Waals surface area contributed by atoms with Crippen LogP contribution in [0, 0.1) is 5.82 Å². The molecule has 0 spiro atoms. The summed E-state index contributed by atoms with van der Waals surface area (Å²) in [5.74, 6) is -0.421. The lowest BCUT2D eigenvalue weighted by molar-refractivity contribution is -0.139. The highest BCUT2D eigenvalue weighted by Crippen LogP contribution is 2.11. The summed E-state index contributed by atoms with van der Waals surface area (Å²) >= 11 is 0. The standard InChI is InChI=1S/C18H25FN2O2/c1-15(22)21(13-10-16-8-4-5-9-17(16)19)14-18(23)20-11-6-2-3-7-12-20/h4-5,8-9H,2-3,6-7,10-14H2,1H3. The van der Waals surface area contributed by atoms with Crippen molar-refractivity contribution in [3.8, 4) is 0 Å². The van der Waals surface area contributed by atoms with Gasteiger partial charge in [0.15, 0.2) is 0 Å². The Balaban J connectivity index is 1.91. The Labute approximate surface area is 137 Å². The number of halogens is 1. The molecule has 2 amide bonds. The summed E-state index contributed by atoms with van der Waals surface area (Å²) < 4.78 is 13.7. The number of rotatable bonds is 5. The molecule has 1 aromatic rings. The molecule has 1 heterocycles. The van der Waals surface area contributed by atoms with Gasteiger partial charge in [-0.3, -0.25) is 9.59 Å². The summed E-state index contributed by atoms with van der Waals surface area (Å²) in [7, 11) is 0. The third kappa shape index (κ3) is 5.34. The van der Waals surface area contributed by atoms with E-state index in [1.54, 1.807) is 18.2 Å². The molecule has 1 aliphatic rings. The number of hydrogen-bond donors (Lipinski definition) is 0. The first-order valence-electron chi connectivity index (χ1n) is 8.34. The van der Waals surface area contributed by atoms with Crippen LogP contribution in [0.25, 0.3) is 0 Å². The average molecular weight is 320 g/mol. The van der Waals surface area contributed by atoms with Crippen LogP contribution < -0.4 is 0 Å². The molecule has 1 aliphatic heterocycles. The number of nitrogens with zero attached hydrogens (tertiary/aromatic N) is 2. The molecule has 0 atom stereocenters. The quantitative estimate of drug-likeness (QED) is 0.837. The van der Waals surface area contributed by atoms with Crippen LogP contribution in [0.2, 0.25) is 0 Å². The maximum Gasteiger partial charge on any atom is 0.242 e. The van der Waals surface area contributed by atoms with Gasteiger partial charge in [0, 0.05) is 26.6 Å². The van der Waals surface area contributed by atoms with Gasteiger partial charge in [0.2, 0.25) is 11.8 Å². The van der Waals surface area contributed by atoms with Crippen LogP contribution in [-0.2, 0) is 16.0 Å². The lowest BCUT2D eigenvalue weighted by Gasteiger charge is -2.26. The maximum absolute atomic E-state index is 13.7. The molecule has 4 nitrogen and oxygen atoms in total. The zero-order valence-corrected chi connectivity index (χ0v) is 13.8. The number of benzene rings is 1. The van der Waals surface area contributed by atoms with E-state index in [4.69, 9.17) is 0 Å². The van der Waals surface area contributed by atoms with Gasteiger partial charge in [-0.25, -0.2) is 4.39 Å². The van der Waals surface area contributed by atoms with Crippen molar-refractivity contribution in [3.63, 3.8) is 0 Å². The first kappa shape index (κ1) is 17.4. The second-order valence-corrected chi connectivity index (χ2v) is 6.08. The SMILES string of the molecule is CC(=O)N(CCc1ccccc1F)CC(=O)N1CCCCCC1. The second kappa shape index (κ2) is 8.65. The minimum absolute atomic E-state index is 0.00404. The molecule has 0 unspecified atom stereocenters. The largest absolute Gasteiger partial charge is 0.341 e. The molecule has 0 aliphatic carbocycles. The molecule has 0 radical (unpaired) electrons. The predicted octanol–water partition coefficient (Wildman–Crippen LogP) is 2.62. The van der Waals surface area contributed by atoms with Crippen molar-refractivity contribution in [2.75, 3.05) is 26.2 Å². The molecule has 0 aromatic heterocycles. The van der Waals surface area contributed by atoms with E-state index in [1.165, 1.54) is 17.9 Å². The van der Waals surface area contributed by atoms with Crippen LogP contribution in [0.5, 0.6) is 0 Å². The van der Waals surface area contributed by atoms with Gasteiger partial charge in [0.1, 0.15) is 5.82 Å². The molecule has 23 heavy (non-hydrogen) atoms. The monoisotopic (exact) mass is 320 g/mol. The average Bonchev–Trinajstić information content (AvgIpc) is 2.81. The summed E-state index contributed by atoms with van der Waals surface area (Å²) in [6, 6.07) is 6.55. The number of carbonyl (C=O) groups is 2. The van der Waals surface area contributed by atoms with E-state index in [2.05, 4.69) is 0 Å². The van der Waals surface area contributed by atoms with E-state index in [0.29, 0.717) is 18.5 Å². The minimum atomic E-state index is -0.269. The number of hydrogen-bond acceptors (Lipinski definition) is 2. The van der Waals surface area contributed by atoms with Gasteiger partial charge in [0.25, 0.3) is 0 Å². The van der Waals surface area contributed by atoms with E-state index in [-0.39, 0.29) is 24.2 Å². The summed E-state index contributed by atoms with van der Waals surface area (Å²) in [5, 5.41) is 0. The van der Waals surface area contributed by atoms with Gasteiger partial charge in [-0.1, -0.05) is 31.0 Å². The molecule has 0 saturated carbocycles. The maximum atomic E-state index is 13.7. The third-order valence-electron chi connectivity index (χ3n) is 4.34.